The van der Waals surface area contributed by atoms with Crippen molar-refractivity contribution in [2.24, 2.45) is 0 Å². The maximum atomic E-state index is 12.7. The summed E-state index contributed by atoms with van der Waals surface area (Å²) in [4.78, 5) is 13.9. The van der Waals surface area contributed by atoms with Crippen molar-refractivity contribution < 1.29 is 13.2 Å². The molecule has 0 spiro atoms. The van der Waals surface area contributed by atoms with E-state index in [9.17, 15) is 13.2 Å². The van der Waals surface area contributed by atoms with Crippen LogP contribution in [0.25, 0.3) is 0 Å². The molecule has 1 saturated heterocycles. The first-order valence-corrected chi connectivity index (χ1v) is 9.19. The minimum atomic E-state index is -3.62. The number of carbonyl (C=O) groups excluding carboxylic acids is 1. The highest BCUT2D eigenvalue weighted by atomic mass is 79.9. The van der Waals surface area contributed by atoms with Gasteiger partial charge in [-0.3, -0.25) is 9.69 Å². The van der Waals surface area contributed by atoms with Crippen molar-refractivity contribution in [1.29, 1.82) is 0 Å². The predicted octanol–water partition coefficient (Wildman–Crippen LogP) is 3.30. The van der Waals surface area contributed by atoms with Gasteiger partial charge in [0.15, 0.2) is 15.2 Å². The number of benzene rings is 2. The molecule has 0 saturated carbocycles. The zero-order valence-corrected chi connectivity index (χ0v) is 14.2. The monoisotopic (exact) mass is 379 g/mol. The van der Waals surface area contributed by atoms with E-state index >= 15 is 0 Å². The van der Waals surface area contributed by atoms with Gasteiger partial charge in [0.2, 0.25) is 5.91 Å². The third-order valence-corrected chi connectivity index (χ3v) is 6.63. The van der Waals surface area contributed by atoms with E-state index in [4.69, 9.17) is 0 Å². The predicted molar refractivity (Wildman–Crippen MR) is 89.2 cm³/mol. The van der Waals surface area contributed by atoms with Crippen molar-refractivity contribution in [2.75, 3.05) is 4.90 Å². The quantitative estimate of drug-likeness (QED) is 0.804. The van der Waals surface area contributed by atoms with E-state index in [1.165, 1.54) is 11.8 Å². The molecule has 4 nitrogen and oxygen atoms in total. The molecule has 1 heterocycles. The smallest absolute Gasteiger partial charge is 0.246 e. The van der Waals surface area contributed by atoms with Crippen LogP contribution < -0.4 is 4.90 Å². The van der Waals surface area contributed by atoms with Crippen LogP contribution in [0.15, 0.2) is 59.1 Å². The molecular formula is C16H14BrNO3S. The molecule has 1 aliphatic heterocycles. The van der Waals surface area contributed by atoms with E-state index in [2.05, 4.69) is 15.9 Å². The molecule has 2 aromatic rings. The summed E-state index contributed by atoms with van der Waals surface area (Å²) in [5.74, 6) is -0.390. The topological polar surface area (TPSA) is 54.5 Å². The normalized spacial score (nSPS) is 23.7. The van der Waals surface area contributed by atoms with Crippen LogP contribution in [-0.2, 0) is 14.6 Å². The van der Waals surface area contributed by atoms with Crippen LogP contribution in [0.1, 0.15) is 17.9 Å². The summed E-state index contributed by atoms with van der Waals surface area (Å²) in [5.41, 5.74) is 1.18. The lowest BCUT2D eigenvalue weighted by Crippen LogP contribution is -2.30. The minimum Gasteiger partial charge on any atom is -0.289 e. The first-order chi connectivity index (χ1) is 10.4. The van der Waals surface area contributed by atoms with Crippen molar-refractivity contribution in [1.82, 2.24) is 0 Å². The number of nitrogens with zero attached hydrogens (tertiary/aromatic N) is 1. The van der Waals surface area contributed by atoms with E-state index < -0.39 is 20.5 Å². The van der Waals surface area contributed by atoms with Gasteiger partial charge in [0, 0.05) is 10.2 Å². The molecule has 1 aliphatic rings. The van der Waals surface area contributed by atoms with Gasteiger partial charge in [-0.25, -0.2) is 8.42 Å². The van der Waals surface area contributed by atoms with Gasteiger partial charge < -0.3 is 0 Å². The Kier molecular flexibility index (Phi) is 3.82. The SMILES string of the molecule is C[C@@H]1C(=O)N(c2ccccc2)[C@H](c2ccc(Br)cc2)S1(=O)=O. The molecule has 0 unspecified atom stereocenters. The van der Waals surface area contributed by atoms with Crippen LogP contribution in [-0.4, -0.2) is 19.6 Å². The summed E-state index contributed by atoms with van der Waals surface area (Å²) >= 11 is 3.34. The average molecular weight is 380 g/mol. The van der Waals surface area contributed by atoms with Gasteiger partial charge in [0.05, 0.1) is 0 Å². The second kappa shape index (κ2) is 5.52. The Bertz CT molecular complexity index is 803. The fourth-order valence-corrected chi connectivity index (χ4v) is 4.71. The number of amides is 1. The minimum absolute atomic E-state index is 0.390. The van der Waals surface area contributed by atoms with Crippen molar-refractivity contribution >= 4 is 37.4 Å². The largest absolute Gasteiger partial charge is 0.289 e. The maximum absolute atomic E-state index is 12.7. The number of halogens is 1. The number of hydrogen-bond acceptors (Lipinski definition) is 3. The van der Waals surface area contributed by atoms with Gasteiger partial charge in [-0.2, -0.15) is 0 Å². The van der Waals surface area contributed by atoms with Gasteiger partial charge in [-0.1, -0.05) is 46.3 Å². The first-order valence-electron chi connectivity index (χ1n) is 6.79. The fourth-order valence-electron chi connectivity index (χ4n) is 2.61. The van der Waals surface area contributed by atoms with Crippen LogP contribution in [0.2, 0.25) is 0 Å². The van der Waals surface area contributed by atoms with Crippen molar-refractivity contribution in [3.05, 3.63) is 64.6 Å². The molecule has 0 aliphatic carbocycles. The number of hydrogen-bond donors (Lipinski definition) is 0. The molecular weight excluding hydrogens is 366 g/mol. The van der Waals surface area contributed by atoms with Crippen LogP contribution >= 0.6 is 15.9 Å². The Labute approximate surface area is 137 Å². The number of sulfone groups is 1. The van der Waals surface area contributed by atoms with Crippen LogP contribution in [0.3, 0.4) is 0 Å². The second-order valence-electron chi connectivity index (χ2n) is 5.18. The number of carbonyl (C=O) groups is 1. The van der Waals surface area contributed by atoms with Crippen LogP contribution in [0.4, 0.5) is 5.69 Å². The molecule has 2 atom stereocenters. The number of para-hydroxylation sites is 1. The molecule has 2 aromatic carbocycles. The highest BCUT2D eigenvalue weighted by Gasteiger charge is 2.51. The fraction of sp³-hybridized carbons (Fsp3) is 0.188. The van der Waals surface area contributed by atoms with Gasteiger partial charge in [0.25, 0.3) is 0 Å². The van der Waals surface area contributed by atoms with E-state index in [-0.39, 0.29) is 5.91 Å². The zero-order valence-electron chi connectivity index (χ0n) is 11.8. The molecule has 0 bridgehead atoms. The van der Waals surface area contributed by atoms with Crippen LogP contribution in [0, 0.1) is 0 Å². The Balaban J connectivity index is 2.18. The molecule has 114 valence electrons. The third kappa shape index (κ3) is 2.36. The van der Waals surface area contributed by atoms with E-state index in [0.717, 1.165) is 4.47 Å². The lowest BCUT2D eigenvalue weighted by atomic mass is 10.2. The van der Waals surface area contributed by atoms with Crippen molar-refractivity contribution in [2.45, 2.75) is 17.5 Å². The average Bonchev–Trinajstić information content (AvgIpc) is 2.69. The second-order valence-corrected chi connectivity index (χ2v) is 8.43. The molecule has 6 heteroatoms. The zero-order chi connectivity index (χ0) is 15.9. The van der Waals surface area contributed by atoms with E-state index in [0.29, 0.717) is 11.3 Å². The Morgan fingerprint density at radius 3 is 2.18 bits per heavy atom. The summed E-state index contributed by atoms with van der Waals surface area (Å²) in [5, 5.41) is -2.02. The van der Waals surface area contributed by atoms with Crippen molar-refractivity contribution in [3.63, 3.8) is 0 Å². The molecule has 0 radical (unpaired) electrons. The van der Waals surface area contributed by atoms with Gasteiger partial charge in [-0.05, 0) is 36.8 Å². The van der Waals surface area contributed by atoms with Gasteiger partial charge >= 0.3 is 0 Å². The number of anilines is 1. The van der Waals surface area contributed by atoms with E-state index in [1.54, 1.807) is 48.5 Å². The Morgan fingerprint density at radius 2 is 1.59 bits per heavy atom. The molecule has 1 amide bonds. The lowest BCUT2D eigenvalue weighted by molar-refractivity contribution is -0.117. The Morgan fingerprint density at radius 1 is 1.00 bits per heavy atom. The highest BCUT2D eigenvalue weighted by molar-refractivity contribution is 9.10. The molecule has 0 N–H and O–H groups in total. The summed E-state index contributed by atoms with van der Waals surface area (Å²) in [6.45, 7) is 1.45. The third-order valence-electron chi connectivity index (χ3n) is 3.81. The van der Waals surface area contributed by atoms with Gasteiger partial charge in [0.1, 0.15) is 5.25 Å². The van der Waals surface area contributed by atoms with Crippen molar-refractivity contribution in [3.8, 4) is 0 Å². The van der Waals surface area contributed by atoms with Crippen LogP contribution in [0.5, 0.6) is 0 Å². The summed E-state index contributed by atoms with van der Waals surface area (Å²) in [7, 11) is -3.62. The number of rotatable bonds is 2. The van der Waals surface area contributed by atoms with E-state index in [1.807, 2.05) is 6.07 Å². The standard InChI is InChI=1S/C16H14BrNO3S/c1-11-15(19)18(14-5-3-2-4-6-14)16(22(11,20)21)12-7-9-13(17)10-8-12/h2-11,16H,1H3/t11-,16+/m1/s1. The highest BCUT2D eigenvalue weighted by Crippen LogP contribution is 2.40. The molecule has 3 rings (SSSR count). The lowest BCUT2D eigenvalue weighted by Gasteiger charge is -2.23. The van der Waals surface area contributed by atoms with Gasteiger partial charge in [-0.15, -0.1) is 0 Å². The summed E-state index contributed by atoms with van der Waals surface area (Å²) < 4.78 is 26.3. The first kappa shape index (κ1) is 15.2. The summed E-state index contributed by atoms with van der Waals surface area (Å²) in [6.07, 6.45) is 0. The summed E-state index contributed by atoms with van der Waals surface area (Å²) in [6, 6.07) is 15.9. The molecule has 1 fully saturated rings. The molecule has 0 aromatic heterocycles. The molecule has 22 heavy (non-hydrogen) atoms. The Hall–Kier alpha value is -1.66. The maximum Gasteiger partial charge on any atom is 0.246 e.